The van der Waals surface area contributed by atoms with Crippen LogP contribution < -0.4 is 5.73 Å². The van der Waals surface area contributed by atoms with Crippen LogP contribution in [0.4, 0.5) is 0 Å². The molecule has 0 radical (unpaired) electrons. The van der Waals surface area contributed by atoms with Crippen molar-refractivity contribution < 1.29 is 13.9 Å². The molecule has 1 heterocycles. The highest BCUT2D eigenvalue weighted by atomic mass is 16.5. The predicted octanol–water partition coefficient (Wildman–Crippen LogP) is 2.07. The van der Waals surface area contributed by atoms with Crippen molar-refractivity contribution in [2.75, 3.05) is 13.7 Å². The smallest absolute Gasteiger partial charge is 0.133 e. The fourth-order valence-electron chi connectivity index (χ4n) is 1.26. The number of hydrogen-bond donors (Lipinski definition) is 1. The minimum Gasteiger partial charge on any atom is -0.467 e. The molecule has 0 spiro atoms. The molecule has 16 heavy (non-hydrogen) atoms. The third-order valence-corrected chi connectivity index (χ3v) is 2.69. The Bertz CT molecular complexity index is 307. The van der Waals surface area contributed by atoms with E-state index in [0.29, 0.717) is 19.8 Å². The van der Waals surface area contributed by atoms with Crippen LogP contribution >= 0.6 is 0 Å². The van der Waals surface area contributed by atoms with Gasteiger partial charge in [0.2, 0.25) is 0 Å². The van der Waals surface area contributed by atoms with Gasteiger partial charge in [-0.05, 0) is 26.3 Å². The van der Waals surface area contributed by atoms with Crippen LogP contribution in [0.2, 0.25) is 0 Å². The fraction of sp³-hybridized carbons (Fsp3) is 0.667. The predicted molar refractivity (Wildman–Crippen MR) is 62.0 cm³/mol. The molecular formula is C12H21NO3. The molecule has 4 nitrogen and oxygen atoms in total. The van der Waals surface area contributed by atoms with Crippen molar-refractivity contribution in [2.45, 2.75) is 39.0 Å². The lowest BCUT2D eigenvalue weighted by atomic mass is 10.1. The van der Waals surface area contributed by atoms with E-state index in [9.17, 15) is 0 Å². The molecule has 4 heteroatoms. The molecule has 0 aliphatic carbocycles. The van der Waals surface area contributed by atoms with Crippen LogP contribution in [0.15, 0.2) is 16.7 Å². The first-order valence-corrected chi connectivity index (χ1v) is 5.47. The molecule has 0 aromatic carbocycles. The van der Waals surface area contributed by atoms with Crippen molar-refractivity contribution in [1.82, 2.24) is 0 Å². The maximum absolute atomic E-state index is 5.55. The van der Waals surface area contributed by atoms with E-state index in [1.54, 1.807) is 13.4 Å². The summed E-state index contributed by atoms with van der Waals surface area (Å²) in [5, 5.41) is 0. The largest absolute Gasteiger partial charge is 0.467 e. The van der Waals surface area contributed by atoms with Crippen LogP contribution in [0.25, 0.3) is 0 Å². The van der Waals surface area contributed by atoms with Gasteiger partial charge in [0, 0.05) is 25.8 Å². The molecule has 0 atom stereocenters. The van der Waals surface area contributed by atoms with Gasteiger partial charge in [0.25, 0.3) is 0 Å². The van der Waals surface area contributed by atoms with Crippen LogP contribution in [0.5, 0.6) is 0 Å². The van der Waals surface area contributed by atoms with E-state index < -0.39 is 0 Å². The Morgan fingerprint density at radius 3 is 2.81 bits per heavy atom. The van der Waals surface area contributed by atoms with E-state index >= 15 is 0 Å². The molecule has 0 aliphatic rings. The Morgan fingerprint density at radius 1 is 1.44 bits per heavy atom. The van der Waals surface area contributed by atoms with Crippen molar-refractivity contribution in [3.8, 4) is 0 Å². The van der Waals surface area contributed by atoms with Crippen molar-refractivity contribution in [2.24, 2.45) is 5.73 Å². The van der Waals surface area contributed by atoms with Crippen LogP contribution in [0.1, 0.15) is 31.6 Å². The van der Waals surface area contributed by atoms with E-state index in [4.69, 9.17) is 19.6 Å². The topological polar surface area (TPSA) is 57.6 Å². The van der Waals surface area contributed by atoms with E-state index in [1.807, 2.05) is 19.9 Å². The monoisotopic (exact) mass is 227 g/mol. The van der Waals surface area contributed by atoms with Gasteiger partial charge in [-0.15, -0.1) is 0 Å². The highest BCUT2D eigenvalue weighted by Crippen LogP contribution is 2.15. The lowest BCUT2D eigenvalue weighted by Gasteiger charge is -2.22. The van der Waals surface area contributed by atoms with Crippen LogP contribution in [-0.2, 0) is 22.6 Å². The summed E-state index contributed by atoms with van der Waals surface area (Å²) in [4.78, 5) is 0. The van der Waals surface area contributed by atoms with E-state index in [0.717, 1.165) is 17.7 Å². The minimum atomic E-state index is -0.139. The Morgan fingerprint density at radius 2 is 2.19 bits per heavy atom. The van der Waals surface area contributed by atoms with E-state index in [1.165, 1.54) is 0 Å². The van der Waals surface area contributed by atoms with Gasteiger partial charge in [-0.25, -0.2) is 0 Å². The Kier molecular flexibility index (Phi) is 4.99. The summed E-state index contributed by atoms with van der Waals surface area (Å²) >= 11 is 0. The quantitative estimate of drug-likeness (QED) is 0.724. The summed E-state index contributed by atoms with van der Waals surface area (Å²) in [6, 6.07) is 1.87. The minimum absolute atomic E-state index is 0.139. The van der Waals surface area contributed by atoms with Crippen LogP contribution in [-0.4, -0.2) is 19.3 Å². The molecule has 0 saturated carbocycles. The number of rotatable bonds is 7. The SMILES string of the molecule is COC(C)(C)CCOCc1occc1CN. The highest BCUT2D eigenvalue weighted by molar-refractivity contribution is 5.15. The summed E-state index contributed by atoms with van der Waals surface area (Å²) < 4.78 is 16.1. The Labute approximate surface area is 96.7 Å². The van der Waals surface area contributed by atoms with Crippen molar-refractivity contribution >= 4 is 0 Å². The van der Waals surface area contributed by atoms with Gasteiger partial charge < -0.3 is 19.6 Å². The third kappa shape index (κ3) is 3.96. The number of hydrogen-bond acceptors (Lipinski definition) is 4. The first kappa shape index (κ1) is 13.2. The molecule has 1 aromatic heterocycles. The summed E-state index contributed by atoms with van der Waals surface area (Å²) in [6.07, 6.45) is 2.49. The second-order valence-electron chi connectivity index (χ2n) is 4.34. The van der Waals surface area contributed by atoms with E-state index in [2.05, 4.69) is 0 Å². The molecule has 2 N–H and O–H groups in total. The van der Waals surface area contributed by atoms with Crippen molar-refractivity contribution in [3.05, 3.63) is 23.7 Å². The maximum Gasteiger partial charge on any atom is 0.133 e. The number of ether oxygens (including phenoxy) is 2. The van der Waals surface area contributed by atoms with Crippen molar-refractivity contribution in [3.63, 3.8) is 0 Å². The molecule has 0 fully saturated rings. The van der Waals surface area contributed by atoms with Crippen LogP contribution in [0.3, 0.4) is 0 Å². The zero-order chi connectivity index (χ0) is 12.0. The lowest BCUT2D eigenvalue weighted by molar-refractivity contribution is -0.0144. The first-order chi connectivity index (χ1) is 7.59. The summed E-state index contributed by atoms with van der Waals surface area (Å²) in [5.41, 5.74) is 6.42. The lowest BCUT2D eigenvalue weighted by Crippen LogP contribution is -2.24. The van der Waals surface area contributed by atoms with Gasteiger partial charge in [-0.2, -0.15) is 0 Å². The zero-order valence-corrected chi connectivity index (χ0v) is 10.3. The Hall–Kier alpha value is -0.840. The van der Waals surface area contributed by atoms with Crippen LogP contribution in [0, 0.1) is 0 Å². The average molecular weight is 227 g/mol. The van der Waals surface area contributed by atoms with Crippen molar-refractivity contribution in [1.29, 1.82) is 0 Å². The molecule has 0 amide bonds. The molecule has 0 saturated heterocycles. The molecule has 0 bridgehead atoms. The summed E-state index contributed by atoms with van der Waals surface area (Å²) in [6.45, 7) is 5.67. The molecule has 1 rings (SSSR count). The average Bonchev–Trinajstić information content (AvgIpc) is 2.72. The fourth-order valence-corrected chi connectivity index (χ4v) is 1.26. The normalized spacial score (nSPS) is 12.0. The summed E-state index contributed by atoms with van der Waals surface area (Å²) in [7, 11) is 1.71. The van der Waals surface area contributed by atoms with Gasteiger partial charge >= 0.3 is 0 Å². The standard InChI is InChI=1S/C12H21NO3/c1-12(2,14-3)5-7-15-9-11-10(8-13)4-6-16-11/h4,6H,5,7-9,13H2,1-3H3. The van der Waals surface area contributed by atoms with Gasteiger partial charge in [0.05, 0.1) is 11.9 Å². The summed E-state index contributed by atoms with van der Waals surface area (Å²) in [5.74, 6) is 0.817. The number of furan rings is 1. The third-order valence-electron chi connectivity index (χ3n) is 2.69. The van der Waals surface area contributed by atoms with Gasteiger partial charge in [0.15, 0.2) is 0 Å². The molecule has 0 aliphatic heterocycles. The van der Waals surface area contributed by atoms with Gasteiger partial charge in [-0.1, -0.05) is 0 Å². The van der Waals surface area contributed by atoms with E-state index in [-0.39, 0.29) is 5.60 Å². The molecule has 0 unspecified atom stereocenters. The Balaban J connectivity index is 2.26. The molecule has 92 valence electrons. The highest BCUT2D eigenvalue weighted by Gasteiger charge is 2.15. The maximum atomic E-state index is 5.55. The number of methoxy groups -OCH3 is 1. The van der Waals surface area contributed by atoms with Gasteiger partial charge in [-0.3, -0.25) is 0 Å². The number of nitrogens with two attached hydrogens (primary N) is 1. The molecule has 1 aromatic rings. The van der Waals surface area contributed by atoms with Gasteiger partial charge in [0.1, 0.15) is 12.4 Å². The molecular weight excluding hydrogens is 206 g/mol. The zero-order valence-electron chi connectivity index (χ0n) is 10.3. The first-order valence-electron chi connectivity index (χ1n) is 5.47. The second kappa shape index (κ2) is 6.03. The second-order valence-corrected chi connectivity index (χ2v) is 4.34.